The summed E-state index contributed by atoms with van der Waals surface area (Å²) in [6.07, 6.45) is 0. The maximum atomic E-state index is 12.3. The minimum Gasteiger partial charge on any atom is -0.484 e. The fourth-order valence-electron chi connectivity index (χ4n) is 2.55. The van der Waals surface area contributed by atoms with Crippen molar-refractivity contribution in [2.24, 2.45) is 0 Å². The Labute approximate surface area is 167 Å². The van der Waals surface area contributed by atoms with Crippen LogP contribution in [-0.4, -0.2) is 11.8 Å². The van der Waals surface area contributed by atoms with E-state index in [1.807, 2.05) is 19.1 Å². The largest absolute Gasteiger partial charge is 0.484 e. The second-order valence-corrected chi connectivity index (χ2v) is 6.56. The zero-order valence-corrected chi connectivity index (χ0v) is 16.2. The molecular formula is C21H19ClN2O4. The van der Waals surface area contributed by atoms with Gasteiger partial charge < -0.3 is 19.8 Å². The fourth-order valence-corrected chi connectivity index (χ4v) is 2.83. The van der Waals surface area contributed by atoms with Crippen LogP contribution in [0, 0.1) is 6.92 Å². The molecule has 144 valence electrons. The summed E-state index contributed by atoms with van der Waals surface area (Å²) in [6.45, 7) is 3.49. The molecule has 0 saturated heterocycles. The van der Waals surface area contributed by atoms with Crippen molar-refractivity contribution in [3.8, 4) is 5.75 Å². The quantitative estimate of drug-likeness (QED) is 0.610. The van der Waals surface area contributed by atoms with Gasteiger partial charge in [0, 0.05) is 18.3 Å². The van der Waals surface area contributed by atoms with E-state index in [4.69, 9.17) is 20.8 Å². The van der Waals surface area contributed by atoms with Crippen molar-refractivity contribution >= 4 is 34.8 Å². The number of ether oxygens (including phenoxy) is 1. The van der Waals surface area contributed by atoms with E-state index in [1.54, 1.807) is 42.5 Å². The van der Waals surface area contributed by atoms with E-state index >= 15 is 0 Å². The second kappa shape index (κ2) is 8.63. The van der Waals surface area contributed by atoms with Crippen molar-refractivity contribution in [3.05, 3.63) is 76.7 Å². The molecule has 0 atom stereocenters. The second-order valence-electron chi connectivity index (χ2n) is 6.15. The minimum atomic E-state index is -0.382. The number of amides is 2. The highest BCUT2D eigenvalue weighted by Gasteiger charge is 2.13. The van der Waals surface area contributed by atoms with Gasteiger partial charge in [0.2, 0.25) is 5.91 Å². The zero-order chi connectivity index (χ0) is 20.1. The van der Waals surface area contributed by atoms with Gasteiger partial charge in [-0.1, -0.05) is 23.7 Å². The van der Waals surface area contributed by atoms with Crippen molar-refractivity contribution in [1.29, 1.82) is 0 Å². The van der Waals surface area contributed by atoms with Gasteiger partial charge in [0.25, 0.3) is 5.91 Å². The molecule has 28 heavy (non-hydrogen) atoms. The molecule has 3 aromatic rings. The highest BCUT2D eigenvalue weighted by Crippen LogP contribution is 2.28. The molecule has 1 heterocycles. The molecule has 2 aromatic carbocycles. The molecule has 3 rings (SSSR count). The van der Waals surface area contributed by atoms with Crippen LogP contribution in [0.5, 0.6) is 5.75 Å². The van der Waals surface area contributed by atoms with Gasteiger partial charge >= 0.3 is 0 Å². The number of anilines is 2. The molecule has 2 N–H and O–H groups in total. The number of aryl methyl sites for hydroxylation is 1. The van der Waals surface area contributed by atoms with Crippen LogP contribution in [0.1, 0.15) is 28.8 Å². The third kappa shape index (κ3) is 4.92. The van der Waals surface area contributed by atoms with Crippen LogP contribution < -0.4 is 15.4 Å². The summed E-state index contributed by atoms with van der Waals surface area (Å²) >= 11 is 6.14. The number of rotatable bonds is 6. The van der Waals surface area contributed by atoms with Crippen LogP contribution >= 0.6 is 11.6 Å². The lowest BCUT2D eigenvalue weighted by Crippen LogP contribution is -2.11. The number of halogens is 1. The molecule has 0 aliphatic heterocycles. The van der Waals surface area contributed by atoms with Crippen LogP contribution in [0.2, 0.25) is 5.02 Å². The number of hydrogen-bond acceptors (Lipinski definition) is 4. The number of furan rings is 1. The molecule has 0 unspecified atom stereocenters. The lowest BCUT2D eigenvalue weighted by Gasteiger charge is -2.09. The Morgan fingerprint density at radius 3 is 2.32 bits per heavy atom. The number of para-hydroxylation sites is 1. The lowest BCUT2D eigenvalue weighted by molar-refractivity contribution is -0.114. The average Bonchev–Trinajstić information content (AvgIpc) is 3.12. The first-order valence-electron chi connectivity index (χ1n) is 8.58. The van der Waals surface area contributed by atoms with Crippen molar-refractivity contribution in [1.82, 2.24) is 0 Å². The molecule has 0 saturated carbocycles. The molecule has 0 spiro atoms. The van der Waals surface area contributed by atoms with Gasteiger partial charge in [-0.2, -0.15) is 0 Å². The third-order valence-corrected chi connectivity index (χ3v) is 4.17. The molecule has 6 nitrogen and oxygen atoms in total. The van der Waals surface area contributed by atoms with E-state index in [-0.39, 0.29) is 24.2 Å². The monoisotopic (exact) mass is 398 g/mol. The summed E-state index contributed by atoms with van der Waals surface area (Å²) in [5, 5.41) is 5.92. The van der Waals surface area contributed by atoms with Gasteiger partial charge in [-0.15, -0.1) is 0 Å². The topological polar surface area (TPSA) is 80.6 Å². The van der Waals surface area contributed by atoms with Crippen LogP contribution in [0.4, 0.5) is 11.4 Å². The Bertz CT molecular complexity index is 976. The summed E-state index contributed by atoms with van der Waals surface area (Å²) in [7, 11) is 0. The van der Waals surface area contributed by atoms with E-state index in [2.05, 4.69) is 10.6 Å². The number of benzene rings is 2. The van der Waals surface area contributed by atoms with E-state index in [0.717, 1.165) is 5.56 Å². The predicted molar refractivity (Wildman–Crippen MR) is 108 cm³/mol. The van der Waals surface area contributed by atoms with Gasteiger partial charge in [-0.25, -0.2) is 0 Å². The SMILES string of the molecule is CC(=O)Nc1ccc(NC(=O)c2ccc(COc3c(C)cccc3Cl)o2)cc1. The molecule has 2 amide bonds. The lowest BCUT2D eigenvalue weighted by atomic mass is 10.2. The fraction of sp³-hybridized carbons (Fsp3) is 0.143. The maximum Gasteiger partial charge on any atom is 0.291 e. The van der Waals surface area contributed by atoms with Gasteiger partial charge in [-0.3, -0.25) is 9.59 Å². The van der Waals surface area contributed by atoms with Crippen molar-refractivity contribution in [2.75, 3.05) is 10.6 Å². The van der Waals surface area contributed by atoms with Crippen LogP contribution in [0.3, 0.4) is 0 Å². The normalized spacial score (nSPS) is 10.4. The molecule has 0 radical (unpaired) electrons. The van der Waals surface area contributed by atoms with E-state index in [9.17, 15) is 9.59 Å². The van der Waals surface area contributed by atoms with Gasteiger partial charge in [-0.05, 0) is 55.0 Å². The number of carbonyl (C=O) groups is 2. The van der Waals surface area contributed by atoms with Crippen LogP contribution in [-0.2, 0) is 11.4 Å². The number of carbonyl (C=O) groups excluding carboxylic acids is 2. The number of hydrogen-bond donors (Lipinski definition) is 2. The Morgan fingerprint density at radius 2 is 1.68 bits per heavy atom. The first-order chi connectivity index (χ1) is 13.4. The molecule has 0 aliphatic carbocycles. The Morgan fingerprint density at radius 1 is 1.00 bits per heavy atom. The average molecular weight is 399 g/mol. The summed E-state index contributed by atoms with van der Waals surface area (Å²) in [5.74, 6) is 0.721. The maximum absolute atomic E-state index is 12.3. The van der Waals surface area contributed by atoms with E-state index in [1.165, 1.54) is 6.92 Å². The summed E-state index contributed by atoms with van der Waals surface area (Å²) in [6, 6.07) is 15.5. The summed E-state index contributed by atoms with van der Waals surface area (Å²) in [4.78, 5) is 23.4. The first-order valence-corrected chi connectivity index (χ1v) is 8.96. The van der Waals surface area contributed by atoms with Crippen LogP contribution in [0.25, 0.3) is 0 Å². The third-order valence-electron chi connectivity index (χ3n) is 3.87. The standard InChI is InChI=1S/C21H19ClN2O4/c1-13-4-3-5-18(22)20(13)27-12-17-10-11-19(28-17)21(26)24-16-8-6-15(7-9-16)23-14(2)25/h3-11H,12H2,1-2H3,(H,23,25)(H,24,26). The molecule has 7 heteroatoms. The van der Waals surface area contributed by atoms with Crippen molar-refractivity contribution < 1.29 is 18.7 Å². The molecule has 0 aliphatic rings. The first kappa shape index (κ1) is 19.5. The van der Waals surface area contributed by atoms with E-state index in [0.29, 0.717) is 27.9 Å². The minimum absolute atomic E-state index is 0.156. The molecule has 1 aromatic heterocycles. The Hall–Kier alpha value is -3.25. The predicted octanol–water partition coefficient (Wildman–Crippen LogP) is 5.03. The molecule has 0 bridgehead atoms. The van der Waals surface area contributed by atoms with Gasteiger partial charge in [0.1, 0.15) is 18.1 Å². The summed E-state index contributed by atoms with van der Waals surface area (Å²) < 4.78 is 11.3. The van der Waals surface area contributed by atoms with Crippen molar-refractivity contribution in [2.45, 2.75) is 20.5 Å². The van der Waals surface area contributed by atoms with Crippen molar-refractivity contribution in [3.63, 3.8) is 0 Å². The molecule has 0 fully saturated rings. The Kier molecular flexibility index (Phi) is 6.01. The highest BCUT2D eigenvalue weighted by atomic mass is 35.5. The van der Waals surface area contributed by atoms with Gasteiger partial charge in [0.05, 0.1) is 5.02 Å². The Balaban J connectivity index is 1.60. The number of nitrogens with one attached hydrogen (secondary N) is 2. The summed E-state index contributed by atoms with van der Waals surface area (Å²) in [5.41, 5.74) is 2.15. The van der Waals surface area contributed by atoms with E-state index < -0.39 is 0 Å². The smallest absolute Gasteiger partial charge is 0.291 e. The van der Waals surface area contributed by atoms with Gasteiger partial charge in [0.15, 0.2) is 5.76 Å². The highest BCUT2D eigenvalue weighted by molar-refractivity contribution is 6.32. The molecular weight excluding hydrogens is 380 g/mol. The van der Waals surface area contributed by atoms with Crippen LogP contribution in [0.15, 0.2) is 59.0 Å². The zero-order valence-electron chi connectivity index (χ0n) is 15.4.